The minimum absolute atomic E-state index is 0. The largest absolute Gasteiger partial charge is 0.337 e. The Morgan fingerprint density at radius 2 is 2.27 bits per heavy atom. The van der Waals surface area contributed by atoms with Crippen molar-refractivity contribution in [1.29, 1.82) is 0 Å². The molecule has 22 heavy (non-hydrogen) atoms. The van der Waals surface area contributed by atoms with E-state index in [4.69, 9.17) is 0 Å². The summed E-state index contributed by atoms with van der Waals surface area (Å²) in [7, 11) is -1.65. The molecule has 1 aliphatic rings. The summed E-state index contributed by atoms with van der Waals surface area (Å²) in [4.78, 5) is 4.32. The molecule has 0 bridgehead atoms. The van der Waals surface area contributed by atoms with Crippen LogP contribution in [0.15, 0.2) is 32.5 Å². The third-order valence-electron chi connectivity index (χ3n) is 3.48. The predicted molar refractivity (Wildman–Crippen MR) is 92.0 cm³/mol. The van der Waals surface area contributed by atoms with Crippen molar-refractivity contribution in [3.63, 3.8) is 0 Å². The van der Waals surface area contributed by atoms with E-state index >= 15 is 0 Å². The van der Waals surface area contributed by atoms with Crippen molar-refractivity contribution in [3.8, 4) is 0 Å². The van der Waals surface area contributed by atoms with Crippen LogP contribution in [0.25, 0.3) is 0 Å². The fourth-order valence-electron chi connectivity index (χ4n) is 2.46. The molecular weight excluding hydrogens is 412 g/mol. The van der Waals surface area contributed by atoms with E-state index in [0.717, 1.165) is 5.82 Å². The molecule has 1 N–H and O–H groups in total. The summed E-state index contributed by atoms with van der Waals surface area (Å²) in [5, 5.41) is 5.02. The normalized spacial score (nSPS) is 19.8. The molecule has 2 aromatic rings. The van der Waals surface area contributed by atoms with Crippen LogP contribution in [0.4, 0.5) is 0 Å². The van der Waals surface area contributed by atoms with Crippen LogP contribution in [-0.2, 0) is 17.1 Å². The van der Waals surface area contributed by atoms with E-state index < -0.39 is 10.0 Å². The highest BCUT2D eigenvalue weighted by Gasteiger charge is 2.37. The van der Waals surface area contributed by atoms with Gasteiger partial charge in [0.2, 0.25) is 0 Å². The Labute approximate surface area is 148 Å². The molecule has 3 rings (SSSR count). The summed E-state index contributed by atoms with van der Waals surface area (Å²) in [6, 6.07) is 1.47. The third kappa shape index (κ3) is 3.10. The molecule has 0 radical (unpaired) electrons. The van der Waals surface area contributed by atoms with Gasteiger partial charge in [0.15, 0.2) is 0 Å². The van der Waals surface area contributed by atoms with E-state index in [0.29, 0.717) is 28.3 Å². The molecule has 1 saturated heterocycles. The zero-order chi connectivity index (χ0) is 15.0. The fraction of sp³-hybridized carbons (Fsp3) is 0.417. The lowest BCUT2D eigenvalue weighted by Crippen LogP contribution is -2.49. The summed E-state index contributed by atoms with van der Waals surface area (Å²) in [5.41, 5.74) is 0. The second-order valence-corrected chi connectivity index (χ2v) is 8.64. The Morgan fingerprint density at radius 3 is 2.86 bits per heavy atom. The van der Waals surface area contributed by atoms with Crippen LogP contribution in [-0.4, -0.2) is 41.9 Å². The maximum absolute atomic E-state index is 12.9. The Kier molecular flexibility index (Phi) is 5.68. The Hall–Kier alpha value is -0.450. The van der Waals surface area contributed by atoms with Gasteiger partial charge in [-0.3, -0.25) is 0 Å². The monoisotopic (exact) mass is 426 g/mol. The molecular formula is C12H16BrClN4O2S2. The van der Waals surface area contributed by atoms with Gasteiger partial charge < -0.3 is 9.88 Å². The first kappa shape index (κ1) is 17.9. The van der Waals surface area contributed by atoms with Gasteiger partial charge in [0.05, 0.1) is 6.04 Å². The maximum Gasteiger partial charge on any atom is 0.254 e. The smallest absolute Gasteiger partial charge is 0.254 e. The maximum atomic E-state index is 12.9. The van der Waals surface area contributed by atoms with Crippen LogP contribution in [0.5, 0.6) is 0 Å². The number of rotatable bonds is 3. The van der Waals surface area contributed by atoms with Crippen LogP contribution in [0.2, 0.25) is 0 Å². The average Bonchev–Trinajstić information content (AvgIpc) is 3.07. The van der Waals surface area contributed by atoms with Gasteiger partial charge in [-0.15, -0.1) is 23.7 Å². The molecule has 10 heteroatoms. The second-order valence-electron chi connectivity index (χ2n) is 4.79. The quantitative estimate of drug-likeness (QED) is 0.813. The Morgan fingerprint density at radius 1 is 1.50 bits per heavy atom. The summed E-state index contributed by atoms with van der Waals surface area (Å²) in [5.74, 6) is 0.749. The number of hydrogen-bond acceptors (Lipinski definition) is 5. The molecule has 1 atom stereocenters. The lowest BCUT2D eigenvalue weighted by atomic mass is 10.2. The van der Waals surface area contributed by atoms with Gasteiger partial charge >= 0.3 is 0 Å². The lowest BCUT2D eigenvalue weighted by Gasteiger charge is -2.34. The number of piperazine rings is 1. The summed E-state index contributed by atoms with van der Waals surface area (Å²) < 4.78 is 30.2. The molecule has 1 unspecified atom stereocenters. The van der Waals surface area contributed by atoms with Crippen LogP contribution in [0, 0.1) is 0 Å². The van der Waals surface area contributed by atoms with Crippen molar-refractivity contribution in [3.05, 3.63) is 34.1 Å². The summed E-state index contributed by atoms with van der Waals surface area (Å²) >= 11 is 4.55. The highest BCUT2D eigenvalue weighted by molar-refractivity contribution is 9.10. The van der Waals surface area contributed by atoms with Crippen molar-refractivity contribution < 1.29 is 8.42 Å². The van der Waals surface area contributed by atoms with Crippen molar-refractivity contribution in [2.45, 2.75) is 10.3 Å². The number of aromatic nitrogens is 2. The van der Waals surface area contributed by atoms with E-state index in [1.165, 1.54) is 11.3 Å². The number of thiophene rings is 1. The van der Waals surface area contributed by atoms with Crippen LogP contribution >= 0.6 is 39.7 Å². The molecule has 3 heterocycles. The van der Waals surface area contributed by atoms with Crippen LogP contribution < -0.4 is 5.32 Å². The van der Waals surface area contributed by atoms with Gasteiger partial charge in [-0.2, -0.15) is 4.31 Å². The number of halogens is 2. The second kappa shape index (κ2) is 6.98. The van der Waals surface area contributed by atoms with Crippen molar-refractivity contribution in [2.24, 2.45) is 7.05 Å². The first-order valence-corrected chi connectivity index (χ1v) is 9.56. The van der Waals surface area contributed by atoms with Crippen molar-refractivity contribution in [2.75, 3.05) is 19.6 Å². The predicted octanol–water partition coefficient (Wildman–Crippen LogP) is 2.00. The lowest BCUT2D eigenvalue weighted by molar-refractivity contribution is 0.259. The van der Waals surface area contributed by atoms with Gasteiger partial charge in [0.1, 0.15) is 10.0 Å². The molecule has 1 aliphatic heterocycles. The molecule has 0 aliphatic carbocycles. The molecule has 1 fully saturated rings. The topological polar surface area (TPSA) is 67.2 Å². The van der Waals surface area contributed by atoms with Gasteiger partial charge in [-0.1, -0.05) is 0 Å². The van der Waals surface area contributed by atoms with Crippen molar-refractivity contribution >= 4 is 49.7 Å². The summed E-state index contributed by atoms with van der Waals surface area (Å²) in [6.45, 7) is 1.64. The van der Waals surface area contributed by atoms with E-state index in [1.54, 1.807) is 21.9 Å². The summed E-state index contributed by atoms with van der Waals surface area (Å²) in [6.07, 6.45) is 3.52. The Balaban J connectivity index is 0.00000176. The molecule has 0 spiro atoms. The number of nitrogens with zero attached hydrogens (tertiary/aromatic N) is 3. The molecule has 0 amide bonds. The zero-order valence-electron chi connectivity index (χ0n) is 11.8. The molecule has 122 valence electrons. The fourth-order valence-corrected chi connectivity index (χ4v) is 6.47. The first-order valence-electron chi connectivity index (χ1n) is 6.44. The number of sulfonamides is 1. The average molecular weight is 428 g/mol. The standard InChI is InChI=1S/C12H15BrN4O2S2.ClH/c1-16-5-4-15-11(16)10-8-14-3-6-17(10)21(18,19)12-9(13)2-7-20-12;/h2,4-5,7,10,14H,3,6,8H2,1H3;1H. The zero-order valence-corrected chi connectivity index (χ0v) is 15.8. The highest BCUT2D eigenvalue weighted by atomic mass is 79.9. The molecule has 6 nitrogen and oxygen atoms in total. The Bertz CT molecular complexity index is 746. The number of hydrogen-bond donors (Lipinski definition) is 1. The van der Waals surface area contributed by atoms with E-state index in [9.17, 15) is 8.42 Å². The first-order chi connectivity index (χ1) is 10.0. The van der Waals surface area contributed by atoms with E-state index in [1.807, 2.05) is 17.8 Å². The number of imidazole rings is 1. The molecule has 0 aromatic carbocycles. The van der Waals surface area contributed by atoms with Gasteiger partial charge in [-0.05, 0) is 27.4 Å². The van der Waals surface area contributed by atoms with E-state index in [2.05, 4.69) is 26.2 Å². The minimum Gasteiger partial charge on any atom is -0.337 e. The number of aryl methyl sites for hydroxylation is 1. The minimum atomic E-state index is -3.53. The molecule has 0 saturated carbocycles. The third-order valence-corrected chi connectivity index (χ3v) is 8.03. The number of nitrogens with one attached hydrogen (secondary N) is 1. The van der Waals surface area contributed by atoms with E-state index in [-0.39, 0.29) is 18.4 Å². The SMILES string of the molecule is Cl.Cn1ccnc1C1CNCCN1S(=O)(=O)c1sccc1Br. The van der Waals surface area contributed by atoms with Crippen LogP contribution in [0.1, 0.15) is 11.9 Å². The van der Waals surface area contributed by atoms with Gasteiger partial charge in [0, 0.05) is 43.5 Å². The van der Waals surface area contributed by atoms with Gasteiger partial charge in [-0.25, -0.2) is 13.4 Å². The highest BCUT2D eigenvalue weighted by Crippen LogP contribution is 2.34. The molecule has 2 aromatic heterocycles. The van der Waals surface area contributed by atoms with Crippen LogP contribution in [0.3, 0.4) is 0 Å². The van der Waals surface area contributed by atoms with Gasteiger partial charge in [0.25, 0.3) is 10.0 Å². The van der Waals surface area contributed by atoms with Crippen molar-refractivity contribution in [1.82, 2.24) is 19.2 Å².